The molecule has 3 atom stereocenters. The molecule has 0 aliphatic carbocycles. The number of H-pyrrole nitrogens is 1. The number of hydrogen-bond acceptors (Lipinski definition) is 9. The predicted molar refractivity (Wildman–Crippen MR) is 75.0 cm³/mol. The Labute approximate surface area is 128 Å². The standard InChI is InChI=1S/C12H16N4O7/c1-4-10(21)13-7-9(14-12(23)15-11(7)22)16(4)2-5(18)8(20)6(19)3-17/h5-6,8,17-21H,2-3H2,1H3,(H,15,22,23)/t5-,6+,8-/m0/s1. The van der Waals surface area contributed by atoms with Gasteiger partial charge in [-0.25, -0.2) is 9.78 Å². The smallest absolute Gasteiger partial charge is 0.349 e. The summed E-state index contributed by atoms with van der Waals surface area (Å²) in [6.07, 6.45) is -4.84. The second-order valence-corrected chi connectivity index (χ2v) is 4.98. The zero-order chi connectivity index (χ0) is 17.3. The lowest BCUT2D eigenvalue weighted by atomic mass is 10.1. The van der Waals surface area contributed by atoms with Crippen molar-refractivity contribution in [3.05, 3.63) is 26.5 Å². The third-order valence-electron chi connectivity index (χ3n) is 3.40. The number of nitrogens with zero attached hydrogens (tertiary/aromatic N) is 3. The quantitative estimate of drug-likeness (QED) is 0.324. The normalized spacial score (nSPS) is 15.5. The van der Waals surface area contributed by atoms with Crippen LogP contribution in [0.15, 0.2) is 9.59 Å². The Bertz CT molecular complexity index is 786. The van der Waals surface area contributed by atoms with Gasteiger partial charge in [-0.05, 0) is 6.92 Å². The lowest BCUT2D eigenvalue weighted by Crippen LogP contribution is -2.42. The van der Waals surface area contributed by atoms with Gasteiger partial charge in [-0.1, -0.05) is 0 Å². The Morgan fingerprint density at radius 2 is 1.83 bits per heavy atom. The van der Waals surface area contributed by atoms with Gasteiger partial charge in [0.1, 0.15) is 18.3 Å². The Morgan fingerprint density at radius 3 is 2.43 bits per heavy atom. The van der Waals surface area contributed by atoms with Crippen molar-refractivity contribution in [1.82, 2.24) is 19.5 Å². The van der Waals surface area contributed by atoms with Crippen molar-refractivity contribution in [2.75, 3.05) is 6.61 Å². The van der Waals surface area contributed by atoms with E-state index >= 15 is 0 Å². The third kappa shape index (κ3) is 3.22. The van der Waals surface area contributed by atoms with E-state index in [0.717, 1.165) is 4.57 Å². The summed E-state index contributed by atoms with van der Waals surface area (Å²) >= 11 is 0. The first kappa shape index (κ1) is 17.0. The molecule has 6 N–H and O–H groups in total. The largest absolute Gasteiger partial charge is 0.492 e. The predicted octanol–water partition coefficient (Wildman–Crippen LogP) is -3.48. The van der Waals surface area contributed by atoms with E-state index in [4.69, 9.17) is 5.11 Å². The number of aliphatic hydroxyl groups is 4. The highest BCUT2D eigenvalue weighted by atomic mass is 16.4. The van der Waals surface area contributed by atoms with E-state index < -0.39 is 48.6 Å². The zero-order valence-corrected chi connectivity index (χ0v) is 12.0. The monoisotopic (exact) mass is 328 g/mol. The van der Waals surface area contributed by atoms with Crippen molar-refractivity contribution in [1.29, 1.82) is 0 Å². The van der Waals surface area contributed by atoms with Gasteiger partial charge >= 0.3 is 5.69 Å². The first-order chi connectivity index (χ1) is 10.8. The zero-order valence-electron chi connectivity index (χ0n) is 12.0. The summed E-state index contributed by atoms with van der Waals surface area (Å²) in [4.78, 5) is 32.2. The molecule has 0 aromatic heterocycles. The molecule has 0 radical (unpaired) electrons. The van der Waals surface area contributed by atoms with Crippen LogP contribution < -0.4 is 11.2 Å². The summed E-state index contributed by atoms with van der Waals surface area (Å²) in [5.41, 5.74) is -2.04. The van der Waals surface area contributed by atoms with E-state index in [1.165, 1.54) is 6.92 Å². The van der Waals surface area contributed by atoms with Gasteiger partial charge in [0.15, 0.2) is 11.5 Å². The van der Waals surface area contributed by atoms with Gasteiger partial charge in [0.2, 0.25) is 5.88 Å². The SMILES string of the molecule is Cc1c(O)nc2c(=O)[nH]c(=O)nc-2n1C[C@H](O)[C@H](O)[C@H](O)CO. The van der Waals surface area contributed by atoms with Crippen LogP contribution in [0.1, 0.15) is 5.69 Å². The number of hydrogen-bond donors (Lipinski definition) is 6. The van der Waals surface area contributed by atoms with Gasteiger partial charge in [-0.3, -0.25) is 9.78 Å². The minimum absolute atomic E-state index is 0.0831. The Balaban J connectivity index is 2.53. The molecule has 0 spiro atoms. The van der Waals surface area contributed by atoms with E-state index in [0.29, 0.717) is 0 Å². The summed E-state index contributed by atoms with van der Waals surface area (Å²) in [5, 5.41) is 47.5. The molecule has 0 saturated carbocycles. The number of aromatic nitrogens is 4. The number of nitrogens with one attached hydrogen (secondary N) is 1. The van der Waals surface area contributed by atoms with Crippen molar-refractivity contribution in [3.63, 3.8) is 0 Å². The summed E-state index contributed by atoms with van der Waals surface area (Å²) in [6, 6.07) is 0. The molecule has 126 valence electrons. The average molecular weight is 328 g/mol. The molecule has 2 heterocycles. The second kappa shape index (κ2) is 6.42. The highest BCUT2D eigenvalue weighted by Crippen LogP contribution is 2.22. The molecule has 2 aliphatic heterocycles. The van der Waals surface area contributed by atoms with Crippen LogP contribution in [-0.4, -0.2) is 70.0 Å². The fourth-order valence-corrected chi connectivity index (χ4v) is 2.07. The average Bonchev–Trinajstić information content (AvgIpc) is 2.51. The van der Waals surface area contributed by atoms with Crippen LogP contribution in [0.2, 0.25) is 0 Å². The third-order valence-corrected chi connectivity index (χ3v) is 3.40. The van der Waals surface area contributed by atoms with E-state index in [9.17, 15) is 30.0 Å². The number of rotatable bonds is 5. The van der Waals surface area contributed by atoms with Crippen molar-refractivity contribution >= 4 is 0 Å². The van der Waals surface area contributed by atoms with Gasteiger partial charge in [-0.15, -0.1) is 0 Å². The highest BCUT2D eigenvalue weighted by Gasteiger charge is 2.27. The molecule has 0 unspecified atom stereocenters. The minimum Gasteiger partial charge on any atom is -0.492 e. The van der Waals surface area contributed by atoms with E-state index in [-0.39, 0.29) is 17.2 Å². The van der Waals surface area contributed by atoms with E-state index in [1.54, 1.807) is 0 Å². The molecule has 0 aromatic carbocycles. The van der Waals surface area contributed by atoms with Crippen LogP contribution in [-0.2, 0) is 6.54 Å². The van der Waals surface area contributed by atoms with Crippen LogP contribution >= 0.6 is 0 Å². The fraction of sp³-hybridized carbons (Fsp3) is 0.500. The lowest BCUT2D eigenvalue weighted by Gasteiger charge is -2.25. The van der Waals surface area contributed by atoms with Gasteiger partial charge in [-0.2, -0.15) is 4.98 Å². The molecule has 11 heteroatoms. The number of aromatic amines is 1. The van der Waals surface area contributed by atoms with Crippen molar-refractivity contribution in [2.45, 2.75) is 31.8 Å². The molecule has 11 nitrogen and oxygen atoms in total. The maximum Gasteiger partial charge on any atom is 0.349 e. The molecule has 0 bridgehead atoms. The van der Waals surface area contributed by atoms with Crippen LogP contribution in [0.5, 0.6) is 5.88 Å². The number of aromatic hydroxyl groups is 1. The summed E-state index contributed by atoms with van der Waals surface area (Å²) in [6.45, 7) is 0.218. The Morgan fingerprint density at radius 1 is 1.17 bits per heavy atom. The number of aliphatic hydroxyl groups excluding tert-OH is 4. The van der Waals surface area contributed by atoms with Crippen molar-refractivity contribution in [3.8, 4) is 17.4 Å². The van der Waals surface area contributed by atoms with Crippen molar-refractivity contribution < 1.29 is 25.5 Å². The Hall–Kier alpha value is -2.34. The van der Waals surface area contributed by atoms with Gasteiger partial charge in [0.25, 0.3) is 5.56 Å². The molecule has 0 saturated heterocycles. The van der Waals surface area contributed by atoms with Crippen LogP contribution in [0.25, 0.3) is 11.5 Å². The highest BCUT2D eigenvalue weighted by molar-refractivity contribution is 5.51. The summed E-state index contributed by atoms with van der Waals surface area (Å²) in [7, 11) is 0. The molecule has 0 aromatic rings. The van der Waals surface area contributed by atoms with Gasteiger partial charge in [0, 0.05) is 0 Å². The molecule has 0 fully saturated rings. The molecular weight excluding hydrogens is 312 g/mol. The van der Waals surface area contributed by atoms with Crippen molar-refractivity contribution in [2.24, 2.45) is 0 Å². The van der Waals surface area contributed by atoms with E-state index in [1.807, 2.05) is 4.98 Å². The fourth-order valence-electron chi connectivity index (χ4n) is 2.07. The molecule has 2 rings (SSSR count). The van der Waals surface area contributed by atoms with Crippen LogP contribution in [0, 0.1) is 6.92 Å². The van der Waals surface area contributed by atoms with Crippen LogP contribution in [0.3, 0.4) is 0 Å². The first-order valence-corrected chi connectivity index (χ1v) is 6.61. The maximum absolute atomic E-state index is 11.7. The maximum atomic E-state index is 11.7. The summed E-state index contributed by atoms with van der Waals surface area (Å²) in [5.74, 6) is -0.716. The molecule has 2 aliphatic rings. The van der Waals surface area contributed by atoms with Gasteiger partial charge < -0.3 is 30.1 Å². The Kier molecular flexibility index (Phi) is 4.75. The second-order valence-electron chi connectivity index (χ2n) is 4.98. The summed E-state index contributed by atoms with van der Waals surface area (Å²) < 4.78 is 1.12. The molecular formula is C12H16N4O7. The molecule has 0 amide bonds. The first-order valence-electron chi connectivity index (χ1n) is 6.61. The topological polar surface area (TPSA) is 182 Å². The minimum atomic E-state index is -1.69. The molecule has 23 heavy (non-hydrogen) atoms. The van der Waals surface area contributed by atoms with Crippen LogP contribution in [0.4, 0.5) is 0 Å². The van der Waals surface area contributed by atoms with Gasteiger partial charge in [0.05, 0.1) is 18.8 Å². The lowest BCUT2D eigenvalue weighted by molar-refractivity contribution is -0.0807. The number of fused-ring (bicyclic) bond motifs is 1. The van der Waals surface area contributed by atoms with E-state index in [2.05, 4.69) is 9.97 Å².